The van der Waals surface area contributed by atoms with E-state index in [0.717, 1.165) is 37.5 Å². The summed E-state index contributed by atoms with van der Waals surface area (Å²) in [6.07, 6.45) is 1.52. The van der Waals surface area contributed by atoms with Gasteiger partial charge in [-0.1, -0.05) is 27.7 Å². The molecule has 0 unspecified atom stereocenters. The van der Waals surface area contributed by atoms with Crippen molar-refractivity contribution in [3.63, 3.8) is 0 Å². The SMILES string of the molecule is CCCO[C@](C)(CC)C(=O)Nc1ccc(OCCN(CC)CC)cc1. The summed E-state index contributed by atoms with van der Waals surface area (Å²) in [5.74, 6) is 0.698. The number of ether oxygens (including phenoxy) is 2. The summed E-state index contributed by atoms with van der Waals surface area (Å²) in [5.41, 5.74) is -0.0459. The summed E-state index contributed by atoms with van der Waals surface area (Å²) in [6, 6.07) is 7.49. The number of hydrogen-bond acceptors (Lipinski definition) is 4. The van der Waals surface area contributed by atoms with Crippen LogP contribution in [0.4, 0.5) is 5.69 Å². The number of carbonyl (C=O) groups excluding carboxylic acids is 1. The van der Waals surface area contributed by atoms with E-state index in [1.165, 1.54) is 0 Å². The van der Waals surface area contributed by atoms with E-state index < -0.39 is 5.60 Å². The van der Waals surface area contributed by atoms with Gasteiger partial charge in [-0.25, -0.2) is 0 Å². The minimum absolute atomic E-state index is 0.112. The fraction of sp³-hybridized carbons (Fsp3) is 0.650. The van der Waals surface area contributed by atoms with E-state index >= 15 is 0 Å². The van der Waals surface area contributed by atoms with Crippen molar-refractivity contribution in [1.82, 2.24) is 4.90 Å². The number of anilines is 1. The van der Waals surface area contributed by atoms with Crippen LogP contribution in [0.3, 0.4) is 0 Å². The number of amides is 1. The lowest BCUT2D eigenvalue weighted by molar-refractivity contribution is -0.139. The highest BCUT2D eigenvalue weighted by Crippen LogP contribution is 2.21. The molecule has 0 saturated heterocycles. The fourth-order valence-corrected chi connectivity index (χ4v) is 2.39. The van der Waals surface area contributed by atoms with Gasteiger partial charge >= 0.3 is 0 Å². The third kappa shape index (κ3) is 7.04. The van der Waals surface area contributed by atoms with Gasteiger partial charge in [0.2, 0.25) is 0 Å². The third-order valence-corrected chi connectivity index (χ3v) is 4.46. The topological polar surface area (TPSA) is 50.8 Å². The van der Waals surface area contributed by atoms with Crippen LogP contribution in [0, 0.1) is 0 Å². The van der Waals surface area contributed by atoms with E-state index in [1.54, 1.807) is 0 Å². The van der Waals surface area contributed by atoms with Gasteiger partial charge < -0.3 is 19.7 Å². The maximum atomic E-state index is 12.5. The molecule has 0 spiro atoms. The smallest absolute Gasteiger partial charge is 0.256 e. The molecule has 0 heterocycles. The Kier molecular flexibility index (Phi) is 9.53. The molecule has 0 aliphatic rings. The van der Waals surface area contributed by atoms with E-state index in [9.17, 15) is 4.79 Å². The first-order valence-corrected chi connectivity index (χ1v) is 9.39. The van der Waals surface area contributed by atoms with Gasteiger partial charge in [0.1, 0.15) is 18.0 Å². The van der Waals surface area contributed by atoms with Crippen LogP contribution in [0.15, 0.2) is 24.3 Å². The Morgan fingerprint density at radius 3 is 2.24 bits per heavy atom. The monoisotopic (exact) mass is 350 g/mol. The molecule has 0 bridgehead atoms. The van der Waals surface area contributed by atoms with Crippen LogP contribution in [-0.2, 0) is 9.53 Å². The first kappa shape index (κ1) is 21.5. The van der Waals surface area contributed by atoms with Crippen molar-refractivity contribution in [3.8, 4) is 5.75 Å². The molecule has 5 nitrogen and oxygen atoms in total. The van der Waals surface area contributed by atoms with Gasteiger partial charge in [-0.15, -0.1) is 0 Å². The molecule has 0 aliphatic heterocycles. The summed E-state index contributed by atoms with van der Waals surface area (Å²) < 4.78 is 11.5. The zero-order valence-corrected chi connectivity index (χ0v) is 16.4. The molecule has 142 valence electrons. The van der Waals surface area contributed by atoms with E-state index in [-0.39, 0.29) is 5.91 Å². The first-order chi connectivity index (χ1) is 12.0. The molecule has 1 N–H and O–H groups in total. The second-order valence-corrected chi connectivity index (χ2v) is 6.29. The molecule has 0 saturated carbocycles. The number of carbonyl (C=O) groups is 1. The molecule has 1 atom stereocenters. The van der Waals surface area contributed by atoms with Crippen LogP contribution < -0.4 is 10.1 Å². The lowest BCUT2D eigenvalue weighted by Crippen LogP contribution is -2.42. The molecule has 0 fully saturated rings. The van der Waals surface area contributed by atoms with Gasteiger partial charge in [0, 0.05) is 18.8 Å². The van der Waals surface area contributed by atoms with E-state index in [2.05, 4.69) is 24.1 Å². The highest BCUT2D eigenvalue weighted by molar-refractivity contribution is 5.97. The molecular formula is C20H34N2O3. The molecule has 1 aromatic rings. The summed E-state index contributed by atoms with van der Waals surface area (Å²) in [6.45, 7) is 14.3. The summed E-state index contributed by atoms with van der Waals surface area (Å²) >= 11 is 0. The molecule has 5 heteroatoms. The second-order valence-electron chi connectivity index (χ2n) is 6.29. The highest BCUT2D eigenvalue weighted by Gasteiger charge is 2.32. The van der Waals surface area contributed by atoms with Gasteiger partial charge in [-0.3, -0.25) is 4.79 Å². The van der Waals surface area contributed by atoms with Crippen molar-refractivity contribution in [2.75, 3.05) is 38.2 Å². The Balaban J connectivity index is 2.54. The third-order valence-electron chi connectivity index (χ3n) is 4.46. The first-order valence-electron chi connectivity index (χ1n) is 9.39. The second kappa shape index (κ2) is 11.1. The average molecular weight is 351 g/mol. The van der Waals surface area contributed by atoms with Crippen molar-refractivity contribution in [2.24, 2.45) is 0 Å². The number of nitrogens with one attached hydrogen (secondary N) is 1. The van der Waals surface area contributed by atoms with Crippen molar-refractivity contribution in [3.05, 3.63) is 24.3 Å². The molecular weight excluding hydrogens is 316 g/mol. The molecule has 0 radical (unpaired) electrons. The van der Waals surface area contributed by atoms with Gasteiger partial charge in [0.15, 0.2) is 0 Å². The summed E-state index contributed by atoms with van der Waals surface area (Å²) in [4.78, 5) is 14.8. The number of hydrogen-bond donors (Lipinski definition) is 1. The quantitative estimate of drug-likeness (QED) is 0.620. The molecule has 0 aromatic heterocycles. The normalized spacial score (nSPS) is 13.5. The van der Waals surface area contributed by atoms with Crippen molar-refractivity contribution in [1.29, 1.82) is 0 Å². The lowest BCUT2D eigenvalue weighted by Gasteiger charge is -2.27. The van der Waals surface area contributed by atoms with Crippen LogP contribution in [0.1, 0.15) is 47.5 Å². The minimum atomic E-state index is -0.797. The van der Waals surface area contributed by atoms with Crippen LogP contribution >= 0.6 is 0 Å². The van der Waals surface area contributed by atoms with E-state index in [4.69, 9.17) is 9.47 Å². The average Bonchev–Trinajstić information content (AvgIpc) is 2.64. The molecule has 25 heavy (non-hydrogen) atoms. The zero-order valence-electron chi connectivity index (χ0n) is 16.4. The molecule has 1 aromatic carbocycles. The Hall–Kier alpha value is -1.59. The maximum absolute atomic E-state index is 12.5. The molecule has 0 aliphatic carbocycles. The molecule has 1 rings (SSSR count). The van der Waals surface area contributed by atoms with Gasteiger partial charge in [0.05, 0.1) is 0 Å². The van der Waals surface area contributed by atoms with Gasteiger partial charge in [-0.2, -0.15) is 0 Å². The van der Waals surface area contributed by atoms with Gasteiger partial charge in [0.25, 0.3) is 5.91 Å². The minimum Gasteiger partial charge on any atom is -0.492 e. The maximum Gasteiger partial charge on any atom is 0.256 e. The lowest BCUT2D eigenvalue weighted by atomic mass is 10.0. The number of likely N-dealkylation sites (N-methyl/N-ethyl adjacent to an activating group) is 1. The summed E-state index contributed by atoms with van der Waals surface area (Å²) in [7, 11) is 0. The highest BCUT2D eigenvalue weighted by atomic mass is 16.5. The Bertz CT molecular complexity index is 500. The fourth-order valence-electron chi connectivity index (χ4n) is 2.39. The van der Waals surface area contributed by atoms with Crippen LogP contribution in [0.25, 0.3) is 0 Å². The van der Waals surface area contributed by atoms with Crippen molar-refractivity contribution >= 4 is 11.6 Å². The summed E-state index contributed by atoms with van der Waals surface area (Å²) in [5, 5.41) is 2.93. The van der Waals surface area contributed by atoms with Gasteiger partial charge in [-0.05, 0) is 57.1 Å². The predicted octanol–water partition coefficient (Wildman–Crippen LogP) is 3.94. The number of nitrogens with zero attached hydrogens (tertiary/aromatic N) is 1. The standard InChI is InChI=1S/C20H34N2O3/c1-6-15-25-20(5,7-2)19(23)21-17-10-12-18(13-11-17)24-16-14-22(8-3)9-4/h10-13H,6-9,14-16H2,1-5H3,(H,21,23)/t20-/m1/s1. The van der Waals surface area contributed by atoms with Crippen LogP contribution in [-0.4, -0.2) is 49.3 Å². The largest absolute Gasteiger partial charge is 0.492 e. The predicted molar refractivity (Wildman–Crippen MR) is 103 cm³/mol. The van der Waals surface area contributed by atoms with E-state index in [0.29, 0.717) is 19.6 Å². The Labute approximate surface area is 152 Å². The Morgan fingerprint density at radius 1 is 1.08 bits per heavy atom. The van der Waals surface area contributed by atoms with Crippen LogP contribution in [0.2, 0.25) is 0 Å². The number of rotatable bonds is 12. The Morgan fingerprint density at radius 2 is 1.72 bits per heavy atom. The van der Waals surface area contributed by atoms with Crippen molar-refractivity contribution in [2.45, 2.75) is 53.1 Å². The van der Waals surface area contributed by atoms with Crippen molar-refractivity contribution < 1.29 is 14.3 Å². The molecule has 1 amide bonds. The zero-order chi connectivity index (χ0) is 18.7. The van der Waals surface area contributed by atoms with E-state index in [1.807, 2.05) is 45.0 Å². The van der Waals surface area contributed by atoms with Crippen LogP contribution in [0.5, 0.6) is 5.75 Å². The number of benzene rings is 1.